The maximum Gasteiger partial charge on any atom is 0.234 e. The third kappa shape index (κ3) is 6.03. The fourth-order valence-electron chi connectivity index (χ4n) is 5.16. The van der Waals surface area contributed by atoms with Crippen molar-refractivity contribution in [2.24, 2.45) is 10.9 Å². The van der Waals surface area contributed by atoms with E-state index in [2.05, 4.69) is 11.4 Å². The first-order valence-electron chi connectivity index (χ1n) is 13.4. The number of hydrogen-bond donors (Lipinski definition) is 1. The van der Waals surface area contributed by atoms with Crippen molar-refractivity contribution in [2.45, 2.75) is 45.6 Å². The molecule has 3 aromatic carbocycles. The van der Waals surface area contributed by atoms with Gasteiger partial charge in [0, 0.05) is 29.3 Å². The smallest absolute Gasteiger partial charge is 0.234 e. The fraction of sp³-hybridized carbons (Fsp3) is 0.273. The summed E-state index contributed by atoms with van der Waals surface area (Å²) in [7, 11) is 0. The Morgan fingerprint density at radius 3 is 2.58 bits per heavy atom. The van der Waals surface area contributed by atoms with E-state index in [-0.39, 0.29) is 17.4 Å². The lowest BCUT2D eigenvalue weighted by atomic mass is 9.74. The van der Waals surface area contributed by atoms with E-state index in [9.17, 15) is 14.9 Å². The van der Waals surface area contributed by atoms with Crippen molar-refractivity contribution < 1.29 is 14.3 Å². The van der Waals surface area contributed by atoms with Crippen LogP contribution in [0.2, 0.25) is 0 Å². The molecule has 3 aromatic rings. The number of amides is 1. The Balaban J connectivity index is 1.35. The average Bonchev–Trinajstić information content (AvgIpc) is 2.97. The van der Waals surface area contributed by atoms with Gasteiger partial charge in [0.05, 0.1) is 16.9 Å². The van der Waals surface area contributed by atoms with Gasteiger partial charge < -0.3 is 10.1 Å². The number of nitriles is 1. The van der Waals surface area contributed by atoms with E-state index in [0.29, 0.717) is 35.8 Å². The minimum absolute atomic E-state index is 0.0522. The van der Waals surface area contributed by atoms with Gasteiger partial charge in [-0.05, 0) is 67.1 Å². The molecular weight excluding hydrogens is 518 g/mol. The molecule has 0 bridgehead atoms. The topological polar surface area (TPSA) is 91.6 Å². The predicted molar refractivity (Wildman–Crippen MR) is 159 cm³/mol. The van der Waals surface area contributed by atoms with Crippen molar-refractivity contribution in [1.29, 1.82) is 5.26 Å². The molecule has 1 aliphatic carbocycles. The summed E-state index contributed by atoms with van der Waals surface area (Å²) in [5, 5.41) is 13.9. The fourth-order valence-corrected chi connectivity index (χ4v) is 6.06. The summed E-state index contributed by atoms with van der Waals surface area (Å²) in [6.45, 7) is 4.44. The van der Waals surface area contributed by atoms with E-state index < -0.39 is 11.8 Å². The Morgan fingerprint density at radius 1 is 1.05 bits per heavy atom. The minimum Gasteiger partial charge on any atom is -0.489 e. The molecule has 1 aliphatic heterocycles. The number of thioether (sulfide) groups is 1. The number of rotatable bonds is 7. The molecule has 2 atom stereocenters. The molecule has 7 heteroatoms. The summed E-state index contributed by atoms with van der Waals surface area (Å²) in [4.78, 5) is 30.7. The number of allylic oxidation sites excluding steroid dienone is 2. The number of benzene rings is 3. The summed E-state index contributed by atoms with van der Waals surface area (Å²) < 4.78 is 5.95. The third-order valence-electron chi connectivity index (χ3n) is 7.44. The number of carbonyl (C=O) groups is 2. The molecule has 0 radical (unpaired) electrons. The number of nitrogens with one attached hydrogen (secondary N) is 1. The number of aliphatic imine (C=N–C) groups is 1. The molecule has 1 amide bonds. The summed E-state index contributed by atoms with van der Waals surface area (Å²) in [6.07, 6.45) is 1.89. The van der Waals surface area contributed by atoms with Gasteiger partial charge in [-0.2, -0.15) is 5.26 Å². The largest absolute Gasteiger partial charge is 0.489 e. The van der Waals surface area contributed by atoms with Crippen molar-refractivity contribution in [2.75, 3.05) is 11.1 Å². The lowest BCUT2D eigenvalue weighted by Crippen LogP contribution is -2.31. The van der Waals surface area contributed by atoms with Gasteiger partial charge in [0.2, 0.25) is 5.91 Å². The first-order chi connectivity index (χ1) is 19.4. The van der Waals surface area contributed by atoms with Crippen LogP contribution in [0, 0.1) is 31.1 Å². The average molecular weight is 550 g/mol. The lowest BCUT2D eigenvalue weighted by molar-refractivity contribution is -0.116. The van der Waals surface area contributed by atoms with Gasteiger partial charge in [-0.1, -0.05) is 66.4 Å². The highest BCUT2D eigenvalue weighted by Crippen LogP contribution is 2.45. The van der Waals surface area contributed by atoms with Crippen molar-refractivity contribution in [3.63, 3.8) is 0 Å². The maximum atomic E-state index is 13.1. The van der Waals surface area contributed by atoms with Crippen molar-refractivity contribution >= 4 is 34.2 Å². The van der Waals surface area contributed by atoms with E-state index >= 15 is 0 Å². The summed E-state index contributed by atoms with van der Waals surface area (Å²) in [6, 6.07) is 25.8. The monoisotopic (exact) mass is 549 g/mol. The Bertz CT molecular complexity index is 1520. The van der Waals surface area contributed by atoms with Crippen LogP contribution < -0.4 is 10.1 Å². The van der Waals surface area contributed by atoms with Gasteiger partial charge in [-0.3, -0.25) is 9.59 Å². The Labute approximate surface area is 239 Å². The first-order valence-corrected chi connectivity index (χ1v) is 14.4. The van der Waals surface area contributed by atoms with Crippen LogP contribution in [-0.2, 0) is 16.2 Å². The van der Waals surface area contributed by atoms with Crippen molar-refractivity contribution in [3.05, 3.63) is 106 Å². The van der Waals surface area contributed by atoms with E-state index in [0.717, 1.165) is 40.1 Å². The highest BCUT2D eigenvalue weighted by atomic mass is 32.2. The highest BCUT2D eigenvalue weighted by Gasteiger charge is 2.40. The van der Waals surface area contributed by atoms with Crippen LogP contribution in [-0.4, -0.2) is 22.5 Å². The predicted octanol–water partition coefficient (Wildman–Crippen LogP) is 6.90. The third-order valence-corrected chi connectivity index (χ3v) is 8.49. The SMILES string of the molecule is Cc1cccc(NC(=O)CSC2=NC3=C(C(=O)CCC3)[C@@H](c3ccc(OCc4ccccc4)cc3)C2C#N)c1C. The molecule has 0 saturated carbocycles. The zero-order chi connectivity index (χ0) is 28.1. The van der Waals surface area contributed by atoms with Crippen molar-refractivity contribution in [3.8, 4) is 11.8 Å². The standard InChI is InChI=1S/C33H31N3O3S/c1-21-8-6-11-27(22(21)2)35-30(38)20-40-33-26(18-34)31(32-28(36-33)12-7-13-29(32)37)24-14-16-25(17-15-24)39-19-23-9-4-3-5-10-23/h3-6,8-11,14-17,26,31H,7,12-13,19-20H2,1-2H3,(H,35,38)/t26?,31-/m0/s1. The number of ketones is 1. The number of anilines is 1. The quantitative estimate of drug-likeness (QED) is 0.346. The lowest BCUT2D eigenvalue weighted by Gasteiger charge is -2.33. The first kappa shape index (κ1) is 27.4. The second-order valence-electron chi connectivity index (χ2n) is 10.1. The molecule has 1 heterocycles. The zero-order valence-corrected chi connectivity index (χ0v) is 23.5. The normalized spacial score (nSPS) is 18.4. The van der Waals surface area contributed by atoms with Gasteiger partial charge in [0.1, 0.15) is 18.3 Å². The molecule has 0 aromatic heterocycles. The minimum atomic E-state index is -0.657. The number of Topliss-reactive ketones (excluding diaryl/α,β-unsaturated/α-hetero) is 1. The Hall–Kier alpha value is -4.15. The van der Waals surface area contributed by atoms with Gasteiger partial charge in [0.15, 0.2) is 5.78 Å². The van der Waals surface area contributed by atoms with Gasteiger partial charge in [-0.15, -0.1) is 0 Å². The Morgan fingerprint density at radius 2 is 1.82 bits per heavy atom. The molecular formula is C33H31N3O3S. The van der Waals surface area contributed by atoms with E-state index in [1.807, 2.05) is 86.6 Å². The van der Waals surface area contributed by atoms with Gasteiger partial charge in [0.25, 0.3) is 0 Å². The highest BCUT2D eigenvalue weighted by molar-refractivity contribution is 8.14. The zero-order valence-electron chi connectivity index (χ0n) is 22.6. The van der Waals surface area contributed by atoms with Crippen LogP contribution in [0.4, 0.5) is 5.69 Å². The molecule has 0 saturated heterocycles. The maximum absolute atomic E-state index is 13.1. The number of nitrogens with zero attached hydrogens (tertiary/aromatic N) is 2. The summed E-state index contributed by atoms with van der Waals surface area (Å²) in [5.74, 6) is -0.355. The summed E-state index contributed by atoms with van der Waals surface area (Å²) >= 11 is 1.28. The second-order valence-corrected chi connectivity index (χ2v) is 11.1. The van der Waals surface area contributed by atoms with Crippen molar-refractivity contribution in [1.82, 2.24) is 0 Å². The van der Waals surface area contributed by atoms with E-state index in [4.69, 9.17) is 9.73 Å². The van der Waals surface area contributed by atoms with Crippen LogP contribution in [0.1, 0.15) is 47.4 Å². The van der Waals surface area contributed by atoms with Gasteiger partial charge >= 0.3 is 0 Å². The molecule has 2 aliphatic rings. The van der Waals surface area contributed by atoms with Crippen LogP contribution in [0.15, 0.2) is 89.1 Å². The molecule has 40 heavy (non-hydrogen) atoms. The molecule has 202 valence electrons. The second kappa shape index (κ2) is 12.4. The number of carbonyl (C=O) groups excluding carboxylic acids is 2. The Kier molecular flexibility index (Phi) is 8.47. The summed E-state index contributed by atoms with van der Waals surface area (Å²) in [5.41, 5.74) is 6.24. The molecule has 6 nitrogen and oxygen atoms in total. The van der Waals surface area contributed by atoms with Crippen LogP contribution in [0.3, 0.4) is 0 Å². The van der Waals surface area contributed by atoms with Gasteiger partial charge in [-0.25, -0.2) is 4.99 Å². The number of aryl methyl sites for hydroxylation is 1. The molecule has 1 N–H and O–H groups in total. The molecule has 0 spiro atoms. The van der Waals surface area contributed by atoms with Crippen LogP contribution in [0.25, 0.3) is 0 Å². The molecule has 0 fully saturated rings. The number of hydrogen-bond acceptors (Lipinski definition) is 6. The number of ether oxygens (including phenoxy) is 1. The molecule has 1 unspecified atom stereocenters. The van der Waals surface area contributed by atoms with Crippen LogP contribution in [0.5, 0.6) is 5.75 Å². The van der Waals surface area contributed by atoms with E-state index in [1.165, 1.54) is 11.8 Å². The van der Waals surface area contributed by atoms with E-state index in [1.54, 1.807) is 0 Å². The molecule has 5 rings (SSSR count). The van der Waals surface area contributed by atoms with Crippen LogP contribution >= 0.6 is 11.8 Å².